The molecule has 3 rings (SSSR count). The largest absolute Gasteiger partial charge is 0.481 e. The summed E-state index contributed by atoms with van der Waals surface area (Å²) in [6.07, 6.45) is 3.07. The number of ether oxygens (including phenoxy) is 1. The molecule has 174 valence electrons. The van der Waals surface area contributed by atoms with Gasteiger partial charge in [0, 0.05) is 33.2 Å². The number of carbonyl (C=O) groups excluding carboxylic acids is 1. The Bertz CT molecular complexity index is 1010. The molecular weight excluding hydrogens is 426 g/mol. The summed E-state index contributed by atoms with van der Waals surface area (Å²) in [7, 11) is -1.82. The van der Waals surface area contributed by atoms with Gasteiger partial charge in [0.15, 0.2) is 6.10 Å². The van der Waals surface area contributed by atoms with E-state index in [1.807, 2.05) is 6.92 Å². The Kier molecular flexibility index (Phi) is 8.15. The summed E-state index contributed by atoms with van der Waals surface area (Å²) in [6.45, 7) is 5.48. The minimum absolute atomic E-state index is 0.131. The van der Waals surface area contributed by atoms with Gasteiger partial charge >= 0.3 is 0 Å². The van der Waals surface area contributed by atoms with E-state index in [0.717, 1.165) is 38.7 Å². The van der Waals surface area contributed by atoms with Crippen LogP contribution in [0.1, 0.15) is 30.9 Å². The quantitative estimate of drug-likeness (QED) is 0.553. The lowest BCUT2D eigenvalue weighted by Gasteiger charge is -2.28. The van der Waals surface area contributed by atoms with E-state index in [1.165, 1.54) is 22.5 Å². The first-order chi connectivity index (χ1) is 15.3. The van der Waals surface area contributed by atoms with Crippen molar-refractivity contribution in [3.63, 3.8) is 0 Å². The predicted octanol–water partition coefficient (Wildman–Crippen LogP) is 2.80. The van der Waals surface area contributed by atoms with Gasteiger partial charge in [0.2, 0.25) is 10.0 Å². The molecule has 0 aliphatic carbocycles. The fourth-order valence-electron chi connectivity index (χ4n) is 3.79. The maximum absolute atomic E-state index is 12.6. The summed E-state index contributed by atoms with van der Waals surface area (Å²) < 4.78 is 30.3. The minimum Gasteiger partial charge on any atom is -0.481 e. The highest BCUT2D eigenvalue weighted by atomic mass is 32.2. The number of nitrogens with one attached hydrogen (secondary N) is 1. The number of benzene rings is 2. The Morgan fingerprint density at radius 3 is 2.50 bits per heavy atom. The van der Waals surface area contributed by atoms with Crippen molar-refractivity contribution < 1.29 is 17.9 Å². The number of anilines is 1. The summed E-state index contributed by atoms with van der Waals surface area (Å²) in [4.78, 5) is 15.0. The van der Waals surface area contributed by atoms with Gasteiger partial charge in [-0.05, 0) is 54.7 Å². The maximum atomic E-state index is 12.6. The standard InChI is InChI=1S/C24H33N3O4S/c1-4-23(31-22-12-10-21(11-13-22)26(2)32(3,29)30)24(28)25-15-7-16-27-17-14-19-8-5-6-9-20(19)18-27/h5-6,8-13,23H,4,7,14-18H2,1-3H3,(H,25,28)/t23-/m1/s1. The Balaban J connectivity index is 1.43. The zero-order valence-electron chi connectivity index (χ0n) is 19.1. The second-order valence-corrected chi connectivity index (χ2v) is 10.2. The molecule has 0 saturated heterocycles. The Morgan fingerprint density at radius 1 is 1.16 bits per heavy atom. The SMILES string of the molecule is CC[C@@H](Oc1ccc(N(C)S(C)(=O)=O)cc1)C(=O)NCCCN1CCc2ccccc2C1. The van der Waals surface area contributed by atoms with Crippen LogP contribution in [0.5, 0.6) is 5.75 Å². The Hall–Kier alpha value is -2.58. The third-order valence-electron chi connectivity index (χ3n) is 5.80. The van der Waals surface area contributed by atoms with Crippen LogP contribution in [0, 0.1) is 0 Å². The topological polar surface area (TPSA) is 78.9 Å². The van der Waals surface area contributed by atoms with Crippen LogP contribution in [0.2, 0.25) is 0 Å². The molecule has 1 heterocycles. The number of fused-ring (bicyclic) bond motifs is 1. The van der Waals surface area contributed by atoms with Crippen molar-refractivity contribution in [1.82, 2.24) is 10.2 Å². The average Bonchev–Trinajstić information content (AvgIpc) is 2.79. The molecule has 0 spiro atoms. The number of nitrogens with zero attached hydrogens (tertiary/aromatic N) is 2. The first-order valence-corrected chi connectivity index (χ1v) is 12.9. The third-order valence-corrected chi connectivity index (χ3v) is 7.01. The lowest BCUT2D eigenvalue weighted by Crippen LogP contribution is -2.39. The number of amides is 1. The van der Waals surface area contributed by atoms with Crippen LogP contribution in [-0.4, -0.2) is 58.3 Å². The van der Waals surface area contributed by atoms with Crippen LogP contribution >= 0.6 is 0 Å². The van der Waals surface area contributed by atoms with E-state index in [2.05, 4.69) is 34.5 Å². The van der Waals surface area contributed by atoms with Gasteiger partial charge in [0.1, 0.15) is 5.75 Å². The van der Waals surface area contributed by atoms with Gasteiger partial charge in [-0.1, -0.05) is 31.2 Å². The predicted molar refractivity (Wildman–Crippen MR) is 127 cm³/mol. The fourth-order valence-corrected chi connectivity index (χ4v) is 4.29. The molecule has 1 atom stereocenters. The van der Waals surface area contributed by atoms with Crippen molar-refractivity contribution in [1.29, 1.82) is 0 Å². The maximum Gasteiger partial charge on any atom is 0.261 e. The van der Waals surface area contributed by atoms with Crippen molar-refractivity contribution in [2.45, 2.75) is 38.8 Å². The molecule has 0 fully saturated rings. The van der Waals surface area contributed by atoms with Crippen molar-refractivity contribution >= 4 is 21.6 Å². The molecular formula is C24H33N3O4S. The highest BCUT2D eigenvalue weighted by Crippen LogP contribution is 2.22. The van der Waals surface area contributed by atoms with E-state index in [0.29, 0.717) is 24.4 Å². The highest BCUT2D eigenvalue weighted by molar-refractivity contribution is 7.92. The molecule has 1 amide bonds. The van der Waals surface area contributed by atoms with E-state index in [9.17, 15) is 13.2 Å². The van der Waals surface area contributed by atoms with Crippen molar-refractivity contribution in [2.75, 3.05) is 37.2 Å². The number of rotatable bonds is 10. The van der Waals surface area contributed by atoms with E-state index in [1.54, 1.807) is 24.3 Å². The molecule has 0 bridgehead atoms. The van der Waals surface area contributed by atoms with Gasteiger partial charge in [-0.2, -0.15) is 0 Å². The number of hydrogen-bond acceptors (Lipinski definition) is 5. The lowest BCUT2D eigenvalue weighted by molar-refractivity contribution is -0.128. The minimum atomic E-state index is -3.32. The fraction of sp³-hybridized carbons (Fsp3) is 0.458. The van der Waals surface area contributed by atoms with Crippen LogP contribution in [0.15, 0.2) is 48.5 Å². The first kappa shape index (κ1) is 24.1. The summed E-state index contributed by atoms with van der Waals surface area (Å²) in [5.74, 6) is 0.401. The van der Waals surface area contributed by atoms with Crippen molar-refractivity contribution in [3.8, 4) is 5.75 Å². The van der Waals surface area contributed by atoms with Gasteiger partial charge in [0.05, 0.1) is 11.9 Å². The molecule has 0 saturated carbocycles. The number of sulfonamides is 1. The molecule has 2 aromatic rings. The molecule has 2 aromatic carbocycles. The van der Waals surface area contributed by atoms with Crippen LogP contribution in [-0.2, 0) is 27.8 Å². The first-order valence-electron chi connectivity index (χ1n) is 11.1. The van der Waals surface area contributed by atoms with E-state index >= 15 is 0 Å². The van der Waals surface area contributed by atoms with Crippen molar-refractivity contribution in [3.05, 3.63) is 59.7 Å². The van der Waals surface area contributed by atoms with Gasteiger partial charge in [-0.3, -0.25) is 14.0 Å². The zero-order valence-corrected chi connectivity index (χ0v) is 19.9. The summed E-state index contributed by atoms with van der Waals surface area (Å²) in [5.41, 5.74) is 3.38. The average molecular weight is 460 g/mol. The van der Waals surface area contributed by atoms with Crippen LogP contribution in [0.25, 0.3) is 0 Å². The Labute approximate surface area is 191 Å². The molecule has 8 heteroatoms. The van der Waals surface area contributed by atoms with Crippen LogP contribution in [0.3, 0.4) is 0 Å². The zero-order chi connectivity index (χ0) is 23.1. The van der Waals surface area contributed by atoms with Crippen LogP contribution < -0.4 is 14.4 Å². The lowest BCUT2D eigenvalue weighted by atomic mass is 10.00. The molecule has 1 aliphatic rings. The van der Waals surface area contributed by atoms with Crippen molar-refractivity contribution in [2.24, 2.45) is 0 Å². The van der Waals surface area contributed by atoms with Gasteiger partial charge < -0.3 is 10.1 Å². The smallest absolute Gasteiger partial charge is 0.261 e. The summed E-state index contributed by atoms with van der Waals surface area (Å²) in [5, 5.41) is 2.98. The van der Waals surface area contributed by atoms with E-state index < -0.39 is 16.1 Å². The molecule has 7 nitrogen and oxygen atoms in total. The summed E-state index contributed by atoms with van der Waals surface area (Å²) >= 11 is 0. The molecule has 1 aliphatic heterocycles. The van der Waals surface area contributed by atoms with Gasteiger partial charge in [-0.25, -0.2) is 8.42 Å². The molecule has 0 unspecified atom stereocenters. The molecule has 0 radical (unpaired) electrons. The normalized spacial score (nSPS) is 15.0. The van der Waals surface area contributed by atoms with E-state index in [-0.39, 0.29) is 5.91 Å². The molecule has 32 heavy (non-hydrogen) atoms. The monoisotopic (exact) mass is 459 g/mol. The second-order valence-electron chi connectivity index (χ2n) is 8.18. The number of carbonyl (C=O) groups is 1. The number of hydrogen-bond donors (Lipinski definition) is 1. The van der Waals surface area contributed by atoms with Gasteiger partial charge in [-0.15, -0.1) is 0 Å². The second kappa shape index (κ2) is 10.8. The van der Waals surface area contributed by atoms with E-state index in [4.69, 9.17) is 4.74 Å². The Morgan fingerprint density at radius 2 is 1.84 bits per heavy atom. The summed E-state index contributed by atoms with van der Waals surface area (Å²) in [6, 6.07) is 15.3. The molecule has 0 aromatic heterocycles. The highest BCUT2D eigenvalue weighted by Gasteiger charge is 2.19. The van der Waals surface area contributed by atoms with Gasteiger partial charge in [0.25, 0.3) is 5.91 Å². The van der Waals surface area contributed by atoms with Crippen LogP contribution in [0.4, 0.5) is 5.69 Å². The third kappa shape index (κ3) is 6.46. The molecule has 1 N–H and O–H groups in total.